The number of allylic oxidation sites excluding steroid dienone is 1. The molecule has 0 amide bonds. The molecule has 0 saturated carbocycles. The fraction of sp³-hybridized carbons (Fsp3) is 0.195. The Morgan fingerprint density at radius 3 is 1.66 bits per heavy atom. The Labute approximate surface area is 283 Å². The zero-order chi connectivity index (χ0) is 28.8. The van der Waals surface area contributed by atoms with E-state index >= 15 is 0 Å². The molecule has 5 aromatic carbocycles. The van der Waals surface area contributed by atoms with E-state index in [2.05, 4.69) is 149 Å². The first-order chi connectivity index (χ1) is 20.6. The van der Waals surface area contributed by atoms with Crippen LogP contribution in [0, 0.1) is 13.8 Å². The smallest absolute Gasteiger partial charge is 1.00 e. The van der Waals surface area contributed by atoms with Crippen molar-refractivity contribution in [2.24, 2.45) is 0 Å². The molecule has 2 aliphatic carbocycles. The first kappa shape index (κ1) is 32.6. The summed E-state index contributed by atoms with van der Waals surface area (Å²) in [7, 11) is 0. The standard InChI is InChI=1S/C17H17.C13H10.C11H11.2ClH.Zr/c1-3-12-5-7-16-14(9-12)11-15-10-13(4-2)6-8-17(15)16;1-3-7-12(8-4-1)11-13-9-5-2-6-10-13;1-8-6-7-10-4-3-5-11(10)9(8)2;;;/h5-11H,3-4H2,1-2H3;1-10H;3-7H,1-2H3;2*1H;/q;;;;;+2/p-2. The molecule has 1 atom stereocenters. The maximum atomic E-state index is 2.60. The summed E-state index contributed by atoms with van der Waals surface area (Å²) in [5.41, 5.74) is 17.6. The van der Waals surface area contributed by atoms with Gasteiger partial charge >= 0.3 is 260 Å². The van der Waals surface area contributed by atoms with Crippen molar-refractivity contribution in [1.29, 1.82) is 0 Å². The zero-order valence-corrected chi connectivity index (χ0v) is 29.8. The third kappa shape index (κ3) is 5.58. The molecule has 2 aliphatic rings. The van der Waals surface area contributed by atoms with E-state index < -0.39 is 21.3 Å². The fourth-order valence-corrected chi connectivity index (χ4v) is 17.4. The molecule has 220 valence electrons. The Hall–Kier alpha value is -2.83. The van der Waals surface area contributed by atoms with Crippen molar-refractivity contribution >= 4 is 9.28 Å². The Bertz CT molecular complexity index is 1770. The maximum Gasteiger partial charge on any atom is -1.00 e. The number of hydrogen-bond donors (Lipinski definition) is 0. The summed E-state index contributed by atoms with van der Waals surface area (Å²) in [6.45, 7) is 9.23. The molecule has 0 N–H and O–H groups in total. The molecule has 0 spiro atoms. The minimum absolute atomic E-state index is 0. The van der Waals surface area contributed by atoms with Gasteiger partial charge in [0.2, 0.25) is 0 Å². The third-order valence-corrected chi connectivity index (χ3v) is 18.3. The number of aryl methyl sites for hydroxylation is 3. The SMILES string of the molecule is CCc1ccc2c(c1)[CH]([Zr+2](=[C](c1ccccc1)c1ccccc1)[CH]1C=Cc3ccc(C)c(C)c31)c1cc(CC)ccc1-2.[Cl-].[Cl-]. The molecular weight excluding hydrogens is 655 g/mol. The van der Waals surface area contributed by atoms with Crippen LogP contribution >= 0.6 is 0 Å². The maximum absolute atomic E-state index is 2.78. The fourth-order valence-electron chi connectivity index (χ4n) is 7.30. The van der Waals surface area contributed by atoms with E-state index in [1.54, 1.807) is 19.9 Å². The van der Waals surface area contributed by atoms with Gasteiger partial charge in [-0.3, -0.25) is 0 Å². The summed E-state index contributed by atoms with van der Waals surface area (Å²) in [5.74, 6) is 0. The first-order valence-corrected chi connectivity index (χ1v) is 19.5. The van der Waals surface area contributed by atoms with Crippen molar-refractivity contribution < 1.29 is 46.1 Å². The van der Waals surface area contributed by atoms with Crippen LogP contribution in [0.1, 0.15) is 76.7 Å². The molecule has 0 bridgehead atoms. The van der Waals surface area contributed by atoms with E-state index in [-0.39, 0.29) is 24.8 Å². The first-order valence-electron chi connectivity index (χ1n) is 15.5. The van der Waals surface area contributed by atoms with Crippen molar-refractivity contribution in [1.82, 2.24) is 0 Å². The molecule has 0 aromatic heterocycles. The third-order valence-electron chi connectivity index (χ3n) is 9.62. The quantitative estimate of drug-likeness (QED) is 0.251. The Kier molecular flexibility index (Phi) is 10.1. The molecule has 7 rings (SSSR count). The average molecular weight is 693 g/mol. The minimum Gasteiger partial charge on any atom is -1.00 e. The van der Waals surface area contributed by atoms with E-state index in [0.29, 0.717) is 7.25 Å². The van der Waals surface area contributed by atoms with E-state index in [9.17, 15) is 0 Å². The number of halogens is 2. The molecule has 5 aromatic rings. The predicted molar refractivity (Wildman–Crippen MR) is 176 cm³/mol. The van der Waals surface area contributed by atoms with Crippen molar-refractivity contribution in [3.8, 4) is 11.1 Å². The predicted octanol–water partition coefficient (Wildman–Crippen LogP) is 4.16. The molecule has 44 heavy (non-hydrogen) atoms. The van der Waals surface area contributed by atoms with Gasteiger partial charge < -0.3 is 24.8 Å². The zero-order valence-electron chi connectivity index (χ0n) is 25.9. The van der Waals surface area contributed by atoms with Gasteiger partial charge in [0.25, 0.3) is 0 Å². The summed E-state index contributed by atoms with van der Waals surface area (Å²) in [6, 6.07) is 42.1. The number of hydrogen-bond acceptors (Lipinski definition) is 0. The summed E-state index contributed by atoms with van der Waals surface area (Å²) < 4.78 is 2.53. The van der Waals surface area contributed by atoms with Gasteiger partial charge in [-0.15, -0.1) is 0 Å². The monoisotopic (exact) mass is 690 g/mol. The summed E-state index contributed by atoms with van der Waals surface area (Å²) in [4.78, 5) is 0. The summed E-state index contributed by atoms with van der Waals surface area (Å²) >= 11 is -2.78. The van der Waals surface area contributed by atoms with E-state index in [1.807, 2.05) is 0 Å². The van der Waals surface area contributed by atoms with E-state index in [0.717, 1.165) is 12.8 Å². The van der Waals surface area contributed by atoms with Crippen LogP contribution in [0.25, 0.3) is 17.2 Å². The molecule has 0 aliphatic heterocycles. The van der Waals surface area contributed by atoms with Crippen LogP contribution in [0.15, 0.2) is 115 Å². The second-order valence-electron chi connectivity index (χ2n) is 11.9. The molecular formula is C41H38Cl2Zr. The van der Waals surface area contributed by atoms with Gasteiger partial charge in [0, 0.05) is 0 Å². The Morgan fingerprint density at radius 2 is 1.16 bits per heavy atom. The summed E-state index contributed by atoms with van der Waals surface area (Å²) in [5, 5.41) is 0. The van der Waals surface area contributed by atoms with Crippen LogP contribution in [-0.2, 0) is 34.1 Å². The molecule has 0 radical (unpaired) electrons. The average Bonchev–Trinajstić information content (AvgIpc) is 3.61. The normalized spacial score (nSPS) is 14.0. The van der Waals surface area contributed by atoms with Crippen LogP contribution in [-0.4, -0.2) is 3.21 Å². The molecule has 3 heteroatoms. The molecule has 1 unspecified atom stereocenters. The van der Waals surface area contributed by atoms with Crippen molar-refractivity contribution in [2.45, 2.75) is 47.8 Å². The number of benzene rings is 5. The van der Waals surface area contributed by atoms with E-state index in [4.69, 9.17) is 0 Å². The molecule has 0 saturated heterocycles. The van der Waals surface area contributed by atoms with Crippen LogP contribution in [0.3, 0.4) is 0 Å². The van der Waals surface area contributed by atoms with Gasteiger partial charge in [-0.05, 0) is 0 Å². The molecule has 0 heterocycles. The van der Waals surface area contributed by atoms with Gasteiger partial charge in [-0.25, -0.2) is 0 Å². The van der Waals surface area contributed by atoms with Gasteiger partial charge in [-0.1, -0.05) is 0 Å². The van der Waals surface area contributed by atoms with Crippen molar-refractivity contribution in [3.05, 3.63) is 171 Å². The second kappa shape index (κ2) is 13.7. The number of rotatable bonds is 6. The van der Waals surface area contributed by atoms with Crippen molar-refractivity contribution in [2.75, 3.05) is 0 Å². The Morgan fingerprint density at radius 1 is 0.636 bits per heavy atom. The minimum atomic E-state index is -2.78. The number of fused-ring (bicyclic) bond motifs is 4. The van der Waals surface area contributed by atoms with E-state index in [1.165, 1.54) is 50.1 Å². The van der Waals surface area contributed by atoms with Crippen LogP contribution in [0.2, 0.25) is 0 Å². The van der Waals surface area contributed by atoms with Crippen LogP contribution in [0.4, 0.5) is 0 Å². The molecule has 0 fully saturated rings. The molecule has 0 nitrogen and oxygen atoms in total. The summed E-state index contributed by atoms with van der Waals surface area (Å²) in [6.07, 6.45) is 7.16. The second-order valence-corrected chi connectivity index (χ2v) is 18.3. The van der Waals surface area contributed by atoms with Gasteiger partial charge in [0.15, 0.2) is 0 Å². The van der Waals surface area contributed by atoms with Gasteiger partial charge in [-0.2, -0.15) is 0 Å². The van der Waals surface area contributed by atoms with Gasteiger partial charge in [0.1, 0.15) is 0 Å². The Balaban J connectivity index is 0.00000192. The topological polar surface area (TPSA) is 0 Å². The van der Waals surface area contributed by atoms with Crippen LogP contribution in [0.5, 0.6) is 0 Å². The van der Waals surface area contributed by atoms with Crippen molar-refractivity contribution in [3.63, 3.8) is 0 Å². The largest absolute Gasteiger partial charge is 1.00 e. The van der Waals surface area contributed by atoms with Gasteiger partial charge in [0.05, 0.1) is 0 Å². The van der Waals surface area contributed by atoms with Crippen LogP contribution < -0.4 is 24.8 Å².